The monoisotopic (exact) mass is 350 g/mol. The highest BCUT2D eigenvalue weighted by molar-refractivity contribution is 7.89. The van der Waals surface area contributed by atoms with Crippen molar-refractivity contribution in [3.05, 3.63) is 51.7 Å². The van der Waals surface area contributed by atoms with Gasteiger partial charge in [0.05, 0.1) is 9.77 Å². The third kappa shape index (κ3) is 3.80. The number of hydrogen-bond donors (Lipinski definition) is 2. The van der Waals surface area contributed by atoms with Gasteiger partial charge in [0.15, 0.2) is 0 Å². The van der Waals surface area contributed by atoms with E-state index >= 15 is 0 Å². The van der Waals surface area contributed by atoms with Crippen LogP contribution in [-0.2, 0) is 22.9 Å². The van der Waals surface area contributed by atoms with E-state index < -0.39 is 10.0 Å². The number of carbonyl (C=O) groups excluding carboxylic acids is 1. The van der Waals surface area contributed by atoms with Gasteiger partial charge < -0.3 is 5.32 Å². The highest BCUT2D eigenvalue weighted by Crippen LogP contribution is 2.30. The van der Waals surface area contributed by atoms with Crippen LogP contribution in [0.15, 0.2) is 41.3 Å². The van der Waals surface area contributed by atoms with Crippen LogP contribution in [0.2, 0.25) is 0 Å². The van der Waals surface area contributed by atoms with Crippen LogP contribution in [0.25, 0.3) is 0 Å². The molecule has 0 spiro atoms. The Morgan fingerprint density at radius 1 is 1.13 bits per heavy atom. The van der Waals surface area contributed by atoms with Crippen molar-refractivity contribution in [3.8, 4) is 0 Å². The standard InChI is InChI=1S/C16H18N2O3S2/c19-16(15-11-12-5-4-8-14(12)22-15)17-9-10-18-23(20,21)13-6-2-1-3-7-13/h1-3,6-7,11,18H,4-5,8-10H2,(H,17,19). The Balaban J connectivity index is 1.48. The first kappa shape index (κ1) is 16.2. The summed E-state index contributed by atoms with van der Waals surface area (Å²) < 4.78 is 26.5. The maximum atomic E-state index is 12.1. The van der Waals surface area contributed by atoms with Gasteiger partial charge in [0.2, 0.25) is 10.0 Å². The molecule has 1 aliphatic carbocycles. The molecule has 0 saturated carbocycles. The number of thiophene rings is 1. The van der Waals surface area contributed by atoms with E-state index in [0.717, 1.165) is 12.8 Å². The number of sulfonamides is 1. The molecule has 0 fully saturated rings. The normalized spacial score (nSPS) is 13.7. The lowest BCUT2D eigenvalue weighted by molar-refractivity contribution is 0.0958. The molecule has 2 aromatic rings. The lowest BCUT2D eigenvalue weighted by Gasteiger charge is -2.07. The molecule has 0 bridgehead atoms. The zero-order valence-electron chi connectivity index (χ0n) is 12.5. The lowest BCUT2D eigenvalue weighted by atomic mass is 10.2. The van der Waals surface area contributed by atoms with Crippen molar-refractivity contribution in [1.82, 2.24) is 10.0 Å². The molecule has 1 heterocycles. The number of rotatable bonds is 6. The van der Waals surface area contributed by atoms with Gasteiger partial charge in [-0.1, -0.05) is 18.2 Å². The minimum absolute atomic E-state index is 0.136. The van der Waals surface area contributed by atoms with Gasteiger partial charge in [-0.3, -0.25) is 4.79 Å². The van der Waals surface area contributed by atoms with Crippen molar-refractivity contribution in [2.45, 2.75) is 24.2 Å². The number of amides is 1. The Labute approximate surface area is 139 Å². The molecular formula is C16H18N2O3S2. The molecule has 3 rings (SSSR count). The van der Waals surface area contributed by atoms with E-state index in [-0.39, 0.29) is 23.9 Å². The average molecular weight is 350 g/mol. The molecule has 0 radical (unpaired) electrons. The van der Waals surface area contributed by atoms with Crippen molar-refractivity contribution < 1.29 is 13.2 Å². The third-order valence-electron chi connectivity index (χ3n) is 3.73. The van der Waals surface area contributed by atoms with E-state index in [0.29, 0.717) is 4.88 Å². The minimum Gasteiger partial charge on any atom is -0.350 e. The second-order valence-electron chi connectivity index (χ2n) is 5.38. The van der Waals surface area contributed by atoms with Gasteiger partial charge in [0.25, 0.3) is 5.91 Å². The van der Waals surface area contributed by atoms with Gasteiger partial charge >= 0.3 is 0 Å². The fourth-order valence-electron chi connectivity index (χ4n) is 2.57. The summed E-state index contributed by atoms with van der Waals surface area (Å²) in [5, 5.41) is 2.76. The van der Waals surface area contributed by atoms with Crippen LogP contribution in [0, 0.1) is 0 Å². The van der Waals surface area contributed by atoms with Crippen LogP contribution >= 0.6 is 11.3 Å². The minimum atomic E-state index is -3.52. The van der Waals surface area contributed by atoms with Crippen molar-refractivity contribution in [1.29, 1.82) is 0 Å². The van der Waals surface area contributed by atoms with Crippen LogP contribution in [0.4, 0.5) is 0 Å². The Kier molecular flexibility index (Phi) is 4.79. The Bertz CT molecular complexity index is 776. The molecule has 1 aromatic heterocycles. The van der Waals surface area contributed by atoms with Gasteiger partial charge in [-0.25, -0.2) is 13.1 Å². The first-order chi connectivity index (χ1) is 11.1. The largest absolute Gasteiger partial charge is 0.350 e. The van der Waals surface area contributed by atoms with Gasteiger partial charge in [0.1, 0.15) is 0 Å². The maximum Gasteiger partial charge on any atom is 0.261 e. The highest BCUT2D eigenvalue weighted by atomic mass is 32.2. The van der Waals surface area contributed by atoms with Crippen LogP contribution in [0.3, 0.4) is 0 Å². The van der Waals surface area contributed by atoms with E-state index in [1.54, 1.807) is 18.2 Å². The summed E-state index contributed by atoms with van der Waals surface area (Å²) in [6, 6.07) is 10.1. The average Bonchev–Trinajstić information content (AvgIpc) is 3.14. The second-order valence-corrected chi connectivity index (χ2v) is 8.28. The number of fused-ring (bicyclic) bond motifs is 1. The summed E-state index contributed by atoms with van der Waals surface area (Å²) in [6.07, 6.45) is 3.28. The van der Waals surface area contributed by atoms with E-state index in [4.69, 9.17) is 0 Å². The maximum absolute atomic E-state index is 12.1. The van der Waals surface area contributed by atoms with Crippen LogP contribution in [0.5, 0.6) is 0 Å². The molecule has 1 aliphatic rings. The predicted octanol–water partition coefficient (Wildman–Crippen LogP) is 1.95. The molecule has 1 aromatic carbocycles. The van der Waals surface area contributed by atoms with Gasteiger partial charge in [0, 0.05) is 18.0 Å². The van der Waals surface area contributed by atoms with Crippen molar-refractivity contribution in [2.24, 2.45) is 0 Å². The van der Waals surface area contributed by atoms with Crippen molar-refractivity contribution >= 4 is 27.3 Å². The van der Waals surface area contributed by atoms with E-state index in [1.165, 1.54) is 40.3 Å². The molecule has 0 unspecified atom stereocenters. The third-order valence-corrected chi connectivity index (χ3v) is 6.44. The van der Waals surface area contributed by atoms with E-state index in [1.807, 2.05) is 6.07 Å². The zero-order valence-corrected chi connectivity index (χ0v) is 14.2. The number of nitrogens with one attached hydrogen (secondary N) is 2. The summed E-state index contributed by atoms with van der Waals surface area (Å²) in [5.41, 5.74) is 1.28. The van der Waals surface area contributed by atoms with E-state index in [2.05, 4.69) is 10.0 Å². The predicted molar refractivity (Wildman–Crippen MR) is 90.3 cm³/mol. The van der Waals surface area contributed by atoms with Crippen molar-refractivity contribution in [2.75, 3.05) is 13.1 Å². The van der Waals surface area contributed by atoms with Crippen LogP contribution in [-0.4, -0.2) is 27.4 Å². The molecule has 5 nitrogen and oxygen atoms in total. The van der Waals surface area contributed by atoms with Gasteiger partial charge in [-0.15, -0.1) is 11.3 Å². The number of benzene rings is 1. The number of aryl methyl sites for hydroxylation is 2. The lowest BCUT2D eigenvalue weighted by Crippen LogP contribution is -2.34. The van der Waals surface area contributed by atoms with Crippen molar-refractivity contribution in [3.63, 3.8) is 0 Å². The summed E-state index contributed by atoms with van der Waals surface area (Å²) in [5.74, 6) is -0.136. The Hall–Kier alpha value is -1.70. The molecule has 122 valence electrons. The second kappa shape index (κ2) is 6.82. The van der Waals surface area contributed by atoms with Gasteiger partial charge in [-0.05, 0) is 43.0 Å². The molecule has 1 amide bonds. The fraction of sp³-hybridized carbons (Fsp3) is 0.312. The van der Waals surface area contributed by atoms with Crippen LogP contribution < -0.4 is 10.0 Å². The van der Waals surface area contributed by atoms with Crippen LogP contribution in [0.1, 0.15) is 26.5 Å². The first-order valence-corrected chi connectivity index (χ1v) is 9.81. The SMILES string of the molecule is O=C(NCCNS(=O)(=O)c1ccccc1)c1cc2c(s1)CCC2. The molecule has 23 heavy (non-hydrogen) atoms. The zero-order chi connectivity index (χ0) is 16.3. The smallest absolute Gasteiger partial charge is 0.261 e. The summed E-state index contributed by atoms with van der Waals surface area (Å²) in [7, 11) is -3.52. The molecular weight excluding hydrogens is 332 g/mol. The number of carbonyl (C=O) groups is 1. The molecule has 0 aliphatic heterocycles. The molecule has 7 heteroatoms. The topological polar surface area (TPSA) is 75.3 Å². The first-order valence-electron chi connectivity index (χ1n) is 7.51. The highest BCUT2D eigenvalue weighted by Gasteiger charge is 2.18. The molecule has 2 N–H and O–H groups in total. The Morgan fingerprint density at radius 2 is 1.91 bits per heavy atom. The molecule has 0 saturated heterocycles. The quantitative estimate of drug-likeness (QED) is 0.782. The summed E-state index contributed by atoms with van der Waals surface area (Å²) >= 11 is 1.54. The molecule has 0 atom stereocenters. The summed E-state index contributed by atoms with van der Waals surface area (Å²) in [6.45, 7) is 0.418. The van der Waals surface area contributed by atoms with Gasteiger partial charge in [-0.2, -0.15) is 0 Å². The number of hydrogen-bond acceptors (Lipinski definition) is 4. The summed E-state index contributed by atoms with van der Waals surface area (Å²) in [4.78, 5) is 14.3. The Morgan fingerprint density at radius 3 is 2.65 bits per heavy atom. The fourth-order valence-corrected chi connectivity index (χ4v) is 4.80. The van der Waals surface area contributed by atoms with E-state index in [9.17, 15) is 13.2 Å².